The first-order valence-electron chi connectivity index (χ1n) is 10.4. The number of carbonyl (C=O) groups is 1. The number of carbonyl (C=O) groups excluding carboxylic acids is 1. The lowest BCUT2D eigenvalue weighted by atomic mass is 9.94. The molecule has 1 saturated carbocycles. The van der Waals surface area contributed by atoms with Crippen LogP contribution in [0.3, 0.4) is 0 Å². The normalized spacial score (nSPS) is 17.9. The summed E-state index contributed by atoms with van der Waals surface area (Å²) < 4.78 is 2.09. The number of hydrogen-bond donors (Lipinski definition) is 2. The van der Waals surface area contributed by atoms with Gasteiger partial charge in [-0.05, 0) is 25.8 Å². The molecule has 4 rings (SSSR count). The first kappa shape index (κ1) is 18.9. The van der Waals surface area contributed by atoms with E-state index in [2.05, 4.69) is 41.3 Å². The molecule has 150 valence electrons. The molecule has 1 amide bonds. The van der Waals surface area contributed by atoms with Crippen molar-refractivity contribution in [2.45, 2.75) is 64.7 Å². The van der Waals surface area contributed by atoms with E-state index in [1.54, 1.807) is 12.4 Å². The molecule has 2 aromatic rings. The lowest BCUT2D eigenvalue weighted by molar-refractivity contribution is 0.0949. The van der Waals surface area contributed by atoms with E-state index in [9.17, 15) is 4.79 Å². The third-order valence-corrected chi connectivity index (χ3v) is 5.65. The molecule has 2 aliphatic rings. The quantitative estimate of drug-likeness (QED) is 0.795. The fourth-order valence-corrected chi connectivity index (χ4v) is 4.16. The Kier molecular flexibility index (Phi) is 5.85. The van der Waals surface area contributed by atoms with Crippen LogP contribution in [0.15, 0.2) is 18.5 Å². The van der Waals surface area contributed by atoms with Crippen molar-refractivity contribution in [2.24, 2.45) is 0 Å². The Morgan fingerprint density at radius 1 is 1.18 bits per heavy atom. The molecular formula is C20H29N7O. The maximum absolute atomic E-state index is 12.3. The van der Waals surface area contributed by atoms with Crippen molar-refractivity contribution in [3.8, 4) is 0 Å². The van der Waals surface area contributed by atoms with Crippen molar-refractivity contribution in [1.82, 2.24) is 30.0 Å². The predicted molar refractivity (Wildman–Crippen MR) is 107 cm³/mol. The molecule has 0 atom stereocenters. The van der Waals surface area contributed by atoms with Crippen molar-refractivity contribution >= 4 is 11.9 Å². The predicted octanol–water partition coefficient (Wildman–Crippen LogP) is 2.18. The third-order valence-electron chi connectivity index (χ3n) is 5.65. The summed E-state index contributed by atoms with van der Waals surface area (Å²) in [5, 5.41) is 10.6. The maximum atomic E-state index is 12.3. The summed E-state index contributed by atoms with van der Waals surface area (Å²) in [7, 11) is 0. The average Bonchev–Trinajstić information content (AvgIpc) is 3.15. The van der Waals surface area contributed by atoms with Gasteiger partial charge in [0.2, 0.25) is 5.95 Å². The number of nitrogens with zero attached hydrogens (tertiary/aromatic N) is 5. The van der Waals surface area contributed by atoms with Crippen LogP contribution in [0.2, 0.25) is 0 Å². The number of aromatic nitrogens is 4. The lowest BCUT2D eigenvalue weighted by Gasteiger charge is -2.36. The first-order valence-corrected chi connectivity index (χ1v) is 10.4. The van der Waals surface area contributed by atoms with E-state index in [4.69, 9.17) is 0 Å². The molecule has 0 saturated heterocycles. The highest BCUT2D eigenvalue weighted by Crippen LogP contribution is 2.26. The Balaban J connectivity index is 1.32. The SMILES string of the molecule is CCNc1ncc(C(=O)NCc2cc3n(n2)CCN(C2CCCCC2)C3)cn1. The van der Waals surface area contributed by atoms with Gasteiger partial charge in [-0.25, -0.2) is 9.97 Å². The van der Waals surface area contributed by atoms with E-state index in [0.29, 0.717) is 18.1 Å². The molecule has 0 spiro atoms. The fraction of sp³-hybridized carbons (Fsp3) is 0.600. The minimum Gasteiger partial charge on any atom is -0.355 e. The summed E-state index contributed by atoms with van der Waals surface area (Å²) in [5.41, 5.74) is 2.60. The highest BCUT2D eigenvalue weighted by Gasteiger charge is 2.26. The molecule has 2 N–H and O–H groups in total. The van der Waals surface area contributed by atoms with E-state index in [1.165, 1.54) is 37.8 Å². The van der Waals surface area contributed by atoms with Crippen LogP contribution in [0.4, 0.5) is 5.95 Å². The smallest absolute Gasteiger partial charge is 0.254 e. The van der Waals surface area contributed by atoms with Gasteiger partial charge in [-0.15, -0.1) is 0 Å². The van der Waals surface area contributed by atoms with Crippen LogP contribution in [0, 0.1) is 0 Å². The number of anilines is 1. The summed E-state index contributed by atoms with van der Waals surface area (Å²) >= 11 is 0. The van der Waals surface area contributed by atoms with Crippen molar-refractivity contribution in [3.05, 3.63) is 35.4 Å². The number of hydrogen-bond acceptors (Lipinski definition) is 6. The molecule has 3 heterocycles. The van der Waals surface area contributed by atoms with Crippen LogP contribution >= 0.6 is 0 Å². The van der Waals surface area contributed by atoms with Crippen LogP contribution in [-0.4, -0.2) is 49.7 Å². The zero-order valence-electron chi connectivity index (χ0n) is 16.5. The summed E-state index contributed by atoms with van der Waals surface area (Å²) in [4.78, 5) is 23.2. The van der Waals surface area contributed by atoms with Crippen LogP contribution in [0.25, 0.3) is 0 Å². The Labute approximate surface area is 165 Å². The Bertz CT molecular complexity index is 795. The van der Waals surface area contributed by atoms with Crippen LogP contribution in [-0.2, 0) is 19.6 Å². The Morgan fingerprint density at radius 3 is 2.71 bits per heavy atom. The van der Waals surface area contributed by atoms with Gasteiger partial charge in [0, 0.05) is 38.1 Å². The zero-order valence-corrected chi connectivity index (χ0v) is 16.5. The van der Waals surface area contributed by atoms with Crippen molar-refractivity contribution < 1.29 is 4.79 Å². The number of nitrogens with one attached hydrogen (secondary N) is 2. The van der Waals surface area contributed by atoms with Gasteiger partial charge >= 0.3 is 0 Å². The molecule has 1 aliphatic heterocycles. The van der Waals surface area contributed by atoms with Gasteiger partial charge in [0.05, 0.1) is 30.0 Å². The van der Waals surface area contributed by atoms with Gasteiger partial charge in [-0.1, -0.05) is 19.3 Å². The largest absolute Gasteiger partial charge is 0.355 e. The van der Waals surface area contributed by atoms with Crippen LogP contribution in [0.1, 0.15) is 60.8 Å². The molecule has 8 nitrogen and oxygen atoms in total. The fourth-order valence-electron chi connectivity index (χ4n) is 4.16. The maximum Gasteiger partial charge on any atom is 0.254 e. The summed E-state index contributed by atoms with van der Waals surface area (Å²) in [6, 6.07) is 2.85. The van der Waals surface area contributed by atoms with E-state index >= 15 is 0 Å². The van der Waals surface area contributed by atoms with Gasteiger partial charge in [-0.3, -0.25) is 14.4 Å². The van der Waals surface area contributed by atoms with Crippen LogP contribution < -0.4 is 10.6 Å². The summed E-state index contributed by atoms with van der Waals surface area (Å²) in [6.07, 6.45) is 9.83. The number of rotatable bonds is 6. The minimum absolute atomic E-state index is 0.183. The summed E-state index contributed by atoms with van der Waals surface area (Å²) in [6.45, 7) is 6.10. The summed E-state index contributed by atoms with van der Waals surface area (Å²) in [5.74, 6) is 0.348. The first-order chi connectivity index (χ1) is 13.7. The Morgan fingerprint density at radius 2 is 1.96 bits per heavy atom. The van der Waals surface area contributed by atoms with Crippen molar-refractivity contribution in [3.63, 3.8) is 0 Å². The van der Waals surface area contributed by atoms with Gasteiger partial charge in [0.25, 0.3) is 5.91 Å². The number of amides is 1. The molecule has 28 heavy (non-hydrogen) atoms. The third kappa shape index (κ3) is 4.32. The van der Waals surface area contributed by atoms with E-state index in [0.717, 1.165) is 37.9 Å². The molecular weight excluding hydrogens is 354 g/mol. The van der Waals surface area contributed by atoms with Crippen molar-refractivity contribution in [1.29, 1.82) is 0 Å². The molecule has 0 radical (unpaired) electrons. The highest BCUT2D eigenvalue weighted by atomic mass is 16.1. The van der Waals surface area contributed by atoms with E-state index in [1.807, 2.05) is 6.92 Å². The minimum atomic E-state index is -0.183. The average molecular weight is 384 g/mol. The standard InChI is InChI=1S/C20H29N7O/c1-2-21-20-23-11-15(12-24-20)19(28)22-13-16-10-18-14-26(8-9-27(18)25-16)17-6-4-3-5-7-17/h10-12,17H,2-9,13-14H2,1H3,(H,22,28)(H,21,23,24). The number of fused-ring (bicyclic) bond motifs is 1. The second kappa shape index (κ2) is 8.68. The molecule has 1 fully saturated rings. The van der Waals surface area contributed by atoms with Crippen LogP contribution in [0.5, 0.6) is 0 Å². The molecule has 0 aromatic carbocycles. The van der Waals surface area contributed by atoms with E-state index < -0.39 is 0 Å². The van der Waals surface area contributed by atoms with Gasteiger partial charge < -0.3 is 10.6 Å². The zero-order chi connectivity index (χ0) is 19.3. The topological polar surface area (TPSA) is 88.0 Å². The second-order valence-corrected chi connectivity index (χ2v) is 7.62. The van der Waals surface area contributed by atoms with Gasteiger partial charge in [-0.2, -0.15) is 5.10 Å². The molecule has 8 heteroatoms. The monoisotopic (exact) mass is 383 g/mol. The second-order valence-electron chi connectivity index (χ2n) is 7.62. The van der Waals surface area contributed by atoms with Gasteiger partial charge in [0.15, 0.2) is 0 Å². The van der Waals surface area contributed by atoms with Crippen molar-refractivity contribution in [2.75, 3.05) is 18.4 Å². The lowest BCUT2D eigenvalue weighted by Crippen LogP contribution is -2.42. The van der Waals surface area contributed by atoms with E-state index in [-0.39, 0.29) is 5.91 Å². The molecule has 0 unspecified atom stereocenters. The molecule has 2 aromatic heterocycles. The van der Waals surface area contributed by atoms with Gasteiger partial charge in [0.1, 0.15) is 0 Å². The Hall–Kier alpha value is -2.48. The molecule has 1 aliphatic carbocycles. The molecule has 0 bridgehead atoms. The highest BCUT2D eigenvalue weighted by molar-refractivity contribution is 5.93.